The molecular weight excluding hydrogens is 238 g/mol. The van der Waals surface area contributed by atoms with E-state index in [4.69, 9.17) is 16.3 Å². The number of ether oxygens (including phenoxy) is 1. The van der Waals surface area contributed by atoms with E-state index >= 15 is 0 Å². The summed E-state index contributed by atoms with van der Waals surface area (Å²) in [5.41, 5.74) is 1.20. The normalized spacial score (nSPS) is 12.1. The first kappa shape index (κ1) is 14.5. The van der Waals surface area contributed by atoms with Crippen LogP contribution >= 0.6 is 11.6 Å². The van der Waals surface area contributed by atoms with Gasteiger partial charge in [-0.3, -0.25) is 4.68 Å². The first-order valence-electron chi connectivity index (χ1n) is 5.88. The van der Waals surface area contributed by atoms with E-state index in [2.05, 4.69) is 31.2 Å². The van der Waals surface area contributed by atoms with Gasteiger partial charge < -0.3 is 10.1 Å². The lowest BCUT2D eigenvalue weighted by atomic mass is 10.1. The van der Waals surface area contributed by atoms with Crippen LogP contribution in [0, 0.1) is 0 Å². The molecule has 0 aliphatic heterocycles. The SMILES string of the molecule is COCCn1ncc(Cl)c1CCNC(C)(C)C. The van der Waals surface area contributed by atoms with Gasteiger partial charge in [-0.25, -0.2) is 0 Å². The molecule has 0 unspecified atom stereocenters. The molecule has 1 N–H and O–H groups in total. The first-order valence-corrected chi connectivity index (χ1v) is 6.26. The third-order valence-electron chi connectivity index (χ3n) is 2.42. The molecule has 0 spiro atoms. The van der Waals surface area contributed by atoms with Crippen molar-refractivity contribution in [2.24, 2.45) is 0 Å². The van der Waals surface area contributed by atoms with E-state index in [-0.39, 0.29) is 5.54 Å². The number of nitrogens with zero attached hydrogens (tertiary/aromatic N) is 2. The maximum atomic E-state index is 6.12. The molecule has 0 aliphatic carbocycles. The van der Waals surface area contributed by atoms with E-state index in [0.29, 0.717) is 6.61 Å². The fraction of sp³-hybridized carbons (Fsp3) is 0.750. The highest BCUT2D eigenvalue weighted by atomic mass is 35.5. The van der Waals surface area contributed by atoms with Crippen molar-refractivity contribution in [3.8, 4) is 0 Å². The molecular formula is C12H22ClN3O. The molecule has 0 aliphatic rings. The van der Waals surface area contributed by atoms with Gasteiger partial charge in [0.25, 0.3) is 0 Å². The quantitative estimate of drug-likeness (QED) is 0.851. The topological polar surface area (TPSA) is 39.1 Å². The van der Waals surface area contributed by atoms with Crippen LogP contribution in [0.15, 0.2) is 6.20 Å². The predicted octanol–water partition coefficient (Wildman–Crippen LogP) is 2.11. The number of aromatic nitrogens is 2. The van der Waals surface area contributed by atoms with E-state index in [1.54, 1.807) is 13.3 Å². The largest absolute Gasteiger partial charge is 0.383 e. The molecule has 1 aromatic rings. The fourth-order valence-electron chi connectivity index (χ4n) is 1.56. The van der Waals surface area contributed by atoms with E-state index < -0.39 is 0 Å². The number of rotatable bonds is 6. The number of nitrogens with one attached hydrogen (secondary N) is 1. The molecule has 5 heteroatoms. The van der Waals surface area contributed by atoms with Crippen molar-refractivity contribution >= 4 is 11.6 Å². The third-order valence-corrected chi connectivity index (χ3v) is 2.74. The smallest absolute Gasteiger partial charge is 0.0818 e. The van der Waals surface area contributed by atoms with Gasteiger partial charge in [-0.15, -0.1) is 0 Å². The molecule has 1 heterocycles. The Labute approximate surface area is 108 Å². The summed E-state index contributed by atoms with van der Waals surface area (Å²) in [6, 6.07) is 0. The number of halogens is 1. The molecule has 4 nitrogen and oxygen atoms in total. The molecule has 0 amide bonds. The summed E-state index contributed by atoms with van der Waals surface area (Å²) >= 11 is 6.12. The summed E-state index contributed by atoms with van der Waals surface area (Å²) in [4.78, 5) is 0. The maximum absolute atomic E-state index is 6.12. The van der Waals surface area contributed by atoms with E-state index in [1.807, 2.05) is 4.68 Å². The summed E-state index contributed by atoms with van der Waals surface area (Å²) in [6.45, 7) is 8.73. The molecule has 0 radical (unpaired) electrons. The zero-order chi connectivity index (χ0) is 12.9. The third kappa shape index (κ3) is 5.06. The summed E-state index contributed by atoms with van der Waals surface area (Å²) in [6.07, 6.45) is 2.57. The van der Waals surface area contributed by atoms with Gasteiger partial charge in [0.2, 0.25) is 0 Å². The predicted molar refractivity (Wildman–Crippen MR) is 70.6 cm³/mol. The van der Waals surface area contributed by atoms with E-state index in [9.17, 15) is 0 Å². The van der Waals surface area contributed by atoms with Gasteiger partial charge in [-0.05, 0) is 20.8 Å². The van der Waals surface area contributed by atoms with Crippen molar-refractivity contribution in [2.75, 3.05) is 20.3 Å². The maximum Gasteiger partial charge on any atom is 0.0818 e. The van der Waals surface area contributed by atoms with Crippen LogP contribution < -0.4 is 5.32 Å². The Bertz CT molecular complexity index is 344. The van der Waals surface area contributed by atoms with Gasteiger partial charge in [0.05, 0.1) is 30.1 Å². The Hall–Kier alpha value is -0.580. The lowest BCUT2D eigenvalue weighted by molar-refractivity contribution is 0.182. The van der Waals surface area contributed by atoms with Crippen LogP contribution in [0.5, 0.6) is 0 Å². The Morgan fingerprint density at radius 3 is 2.76 bits per heavy atom. The molecule has 0 fully saturated rings. The van der Waals surface area contributed by atoms with Gasteiger partial charge >= 0.3 is 0 Å². The average molecular weight is 260 g/mol. The van der Waals surface area contributed by atoms with Crippen LogP contribution in [0.25, 0.3) is 0 Å². The van der Waals surface area contributed by atoms with Crippen LogP contribution in [0.1, 0.15) is 26.5 Å². The summed E-state index contributed by atoms with van der Waals surface area (Å²) in [5, 5.41) is 8.42. The van der Waals surface area contributed by atoms with Gasteiger partial charge in [0, 0.05) is 25.6 Å². The Morgan fingerprint density at radius 2 is 2.18 bits per heavy atom. The molecule has 0 saturated heterocycles. The zero-order valence-electron chi connectivity index (χ0n) is 11.1. The monoisotopic (exact) mass is 259 g/mol. The van der Waals surface area contributed by atoms with E-state index in [1.165, 1.54) is 0 Å². The standard InChI is InChI=1S/C12H22ClN3O/c1-12(2,3)14-6-5-11-10(13)9-15-16(11)7-8-17-4/h9,14H,5-8H2,1-4H3. The number of methoxy groups -OCH3 is 1. The van der Waals surface area contributed by atoms with Crippen molar-refractivity contribution in [3.05, 3.63) is 16.9 Å². The highest BCUT2D eigenvalue weighted by Gasteiger charge is 2.12. The minimum Gasteiger partial charge on any atom is -0.383 e. The second kappa shape index (κ2) is 6.38. The molecule has 0 saturated carbocycles. The lowest BCUT2D eigenvalue weighted by Gasteiger charge is -2.20. The molecule has 17 heavy (non-hydrogen) atoms. The van der Waals surface area contributed by atoms with Gasteiger partial charge in [-0.2, -0.15) is 5.10 Å². The molecule has 1 rings (SSSR count). The molecule has 0 aromatic carbocycles. The van der Waals surface area contributed by atoms with Crippen molar-refractivity contribution in [1.82, 2.24) is 15.1 Å². The Morgan fingerprint density at radius 1 is 1.47 bits per heavy atom. The van der Waals surface area contributed by atoms with Crippen LogP contribution in [-0.2, 0) is 17.7 Å². The second-order valence-corrected chi connectivity index (χ2v) is 5.49. The van der Waals surface area contributed by atoms with Crippen LogP contribution in [0.2, 0.25) is 5.02 Å². The van der Waals surface area contributed by atoms with Crippen LogP contribution in [0.3, 0.4) is 0 Å². The summed E-state index contributed by atoms with van der Waals surface area (Å²) in [5.74, 6) is 0. The minimum absolute atomic E-state index is 0.129. The highest BCUT2D eigenvalue weighted by molar-refractivity contribution is 6.31. The first-order chi connectivity index (χ1) is 7.94. The Balaban J connectivity index is 2.54. The van der Waals surface area contributed by atoms with Gasteiger partial charge in [0.15, 0.2) is 0 Å². The second-order valence-electron chi connectivity index (χ2n) is 5.08. The lowest BCUT2D eigenvalue weighted by Crippen LogP contribution is -2.37. The van der Waals surface area contributed by atoms with Gasteiger partial charge in [-0.1, -0.05) is 11.6 Å². The Kier molecular flexibility index (Phi) is 5.43. The molecule has 98 valence electrons. The summed E-state index contributed by atoms with van der Waals surface area (Å²) < 4.78 is 6.96. The molecule has 1 aromatic heterocycles. The average Bonchev–Trinajstić information content (AvgIpc) is 2.56. The van der Waals surface area contributed by atoms with Crippen LogP contribution in [-0.4, -0.2) is 35.6 Å². The number of hydrogen-bond donors (Lipinski definition) is 1. The summed E-state index contributed by atoms with van der Waals surface area (Å²) in [7, 11) is 1.69. The van der Waals surface area contributed by atoms with Crippen molar-refractivity contribution in [1.29, 1.82) is 0 Å². The van der Waals surface area contributed by atoms with Crippen molar-refractivity contribution < 1.29 is 4.74 Å². The zero-order valence-corrected chi connectivity index (χ0v) is 11.8. The van der Waals surface area contributed by atoms with Crippen LogP contribution in [0.4, 0.5) is 0 Å². The van der Waals surface area contributed by atoms with Gasteiger partial charge in [0.1, 0.15) is 0 Å². The van der Waals surface area contributed by atoms with Crippen molar-refractivity contribution in [3.63, 3.8) is 0 Å². The number of hydrogen-bond acceptors (Lipinski definition) is 3. The minimum atomic E-state index is 0.129. The fourth-order valence-corrected chi connectivity index (χ4v) is 1.80. The van der Waals surface area contributed by atoms with E-state index in [0.717, 1.165) is 30.2 Å². The molecule has 0 bridgehead atoms. The van der Waals surface area contributed by atoms with Crippen molar-refractivity contribution in [2.45, 2.75) is 39.3 Å². The molecule has 0 atom stereocenters. The highest BCUT2D eigenvalue weighted by Crippen LogP contribution is 2.15.